The fourth-order valence-electron chi connectivity index (χ4n) is 2.46. The molecule has 1 amide bonds. The fraction of sp³-hybridized carbons (Fsp3) is 0.533. The Hall–Kier alpha value is -1.35. The molecule has 1 fully saturated rings. The molecule has 0 bridgehead atoms. The Morgan fingerprint density at radius 3 is 2.44 bits per heavy atom. The molecule has 98 valence electrons. The maximum absolute atomic E-state index is 12.4. The van der Waals surface area contributed by atoms with Gasteiger partial charge in [-0.25, -0.2) is 0 Å². The van der Waals surface area contributed by atoms with E-state index in [-0.39, 0.29) is 11.4 Å². The maximum Gasteiger partial charge on any atom is 0.244 e. The minimum atomic E-state index is -0.959. The van der Waals surface area contributed by atoms with E-state index in [1.54, 1.807) is 6.92 Å². The first-order chi connectivity index (χ1) is 8.50. The Kier molecular flexibility index (Phi) is 3.44. The third-order valence-corrected chi connectivity index (χ3v) is 4.21. The summed E-state index contributed by atoms with van der Waals surface area (Å²) in [5, 5.41) is 3.15. The van der Waals surface area contributed by atoms with Crippen LogP contribution in [0.3, 0.4) is 0 Å². The summed E-state index contributed by atoms with van der Waals surface area (Å²) < 4.78 is 0. The second kappa shape index (κ2) is 4.73. The van der Waals surface area contributed by atoms with E-state index in [9.17, 15) is 4.79 Å². The van der Waals surface area contributed by atoms with Gasteiger partial charge >= 0.3 is 0 Å². The van der Waals surface area contributed by atoms with E-state index in [4.69, 9.17) is 5.73 Å². The van der Waals surface area contributed by atoms with Gasteiger partial charge in [0.15, 0.2) is 0 Å². The molecule has 1 atom stereocenters. The number of benzene rings is 1. The average molecular weight is 246 g/mol. The van der Waals surface area contributed by atoms with Crippen LogP contribution in [-0.4, -0.2) is 11.4 Å². The minimum absolute atomic E-state index is 0.00745. The first-order valence-electron chi connectivity index (χ1n) is 6.67. The summed E-state index contributed by atoms with van der Waals surface area (Å²) in [5.74, 6) is -0.0738. The number of nitrogens with two attached hydrogens (primary N) is 1. The Bertz CT molecular complexity index is 416. The first-order valence-corrected chi connectivity index (χ1v) is 6.67. The molecule has 18 heavy (non-hydrogen) atoms. The molecule has 1 aliphatic rings. The zero-order valence-corrected chi connectivity index (χ0v) is 11.2. The topological polar surface area (TPSA) is 55.1 Å². The van der Waals surface area contributed by atoms with Gasteiger partial charge in [0.2, 0.25) is 5.91 Å². The second-order valence-corrected chi connectivity index (χ2v) is 5.51. The summed E-state index contributed by atoms with van der Waals surface area (Å²) in [6.45, 7) is 3.90. The fourth-order valence-corrected chi connectivity index (χ4v) is 2.46. The van der Waals surface area contributed by atoms with Crippen molar-refractivity contribution in [2.45, 2.75) is 50.6 Å². The van der Waals surface area contributed by atoms with Crippen LogP contribution in [0.2, 0.25) is 0 Å². The van der Waals surface area contributed by atoms with Crippen molar-refractivity contribution in [3.8, 4) is 0 Å². The number of amides is 1. The van der Waals surface area contributed by atoms with Crippen LogP contribution in [0.25, 0.3) is 0 Å². The van der Waals surface area contributed by atoms with Gasteiger partial charge in [0.25, 0.3) is 0 Å². The van der Waals surface area contributed by atoms with Gasteiger partial charge in [0.1, 0.15) is 5.54 Å². The van der Waals surface area contributed by atoms with E-state index in [0.717, 1.165) is 24.8 Å². The summed E-state index contributed by atoms with van der Waals surface area (Å²) >= 11 is 0. The van der Waals surface area contributed by atoms with Crippen LogP contribution in [0.4, 0.5) is 0 Å². The smallest absolute Gasteiger partial charge is 0.244 e. The highest BCUT2D eigenvalue weighted by Crippen LogP contribution is 2.35. The lowest BCUT2D eigenvalue weighted by atomic mass is 9.74. The molecule has 1 aromatic carbocycles. The predicted molar refractivity (Wildman–Crippen MR) is 73.0 cm³/mol. The summed E-state index contributed by atoms with van der Waals surface area (Å²) in [6.07, 6.45) is 4.31. The molecule has 1 aliphatic carbocycles. The Labute approximate surface area is 109 Å². The summed E-state index contributed by atoms with van der Waals surface area (Å²) in [5.41, 5.74) is 6.10. The van der Waals surface area contributed by atoms with Crippen molar-refractivity contribution in [2.75, 3.05) is 0 Å². The highest BCUT2D eigenvalue weighted by atomic mass is 16.2. The van der Waals surface area contributed by atoms with Crippen LogP contribution in [0, 0.1) is 0 Å². The second-order valence-electron chi connectivity index (χ2n) is 5.51. The highest BCUT2D eigenvalue weighted by molar-refractivity contribution is 5.87. The summed E-state index contributed by atoms with van der Waals surface area (Å²) in [7, 11) is 0. The summed E-state index contributed by atoms with van der Waals surface area (Å²) in [6, 6.07) is 9.55. The van der Waals surface area contributed by atoms with E-state index < -0.39 is 5.54 Å². The Morgan fingerprint density at radius 2 is 2.00 bits per heavy atom. The Balaban J connectivity index is 2.13. The highest BCUT2D eigenvalue weighted by Gasteiger charge is 2.40. The predicted octanol–water partition coefficient (Wildman–Crippen LogP) is 2.31. The van der Waals surface area contributed by atoms with Gasteiger partial charge in [-0.1, -0.05) is 37.3 Å². The number of carbonyl (C=O) groups excluding carboxylic acids is 1. The van der Waals surface area contributed by atoms with Crippen LogP contribution < -0.4 is 11.1 Å². The molecule has 3 nitrogen and oxygen atoms in total. The third-order valence-electron chi connectivity index (χ3n) is 4.21. The lowest BCUT2D eigenvalue weighted by Crippen LogP contribution is -2.60. The zero-order valence-electron chi connectivity index (χ0n) is 11.2. The van der Waals surface area contributed by atoms with E-state index in [1.165, 1.54) is 6.42 Å². The van der Waals surface area contributed by atoms with Gasteiger partial charge in [-0.3, -0.25) is 4.79 Å². The molecule has 3 heteroatoms. The molecule has 0 aliphatic heterocycles. The molecule has 0 aromatic heterocycles. The van der Waals surface area contributed by atoms with Crippen molar-refractivity contribution in [3.63, 3.8) is 0 Å². The van der Waals surface area contributed by atoms with Crippen molar-refractivity contribution < 1.29 is 4.79 Å². The van der Waals surface area contributed by atoms with Crippen LogP contribution >= 0.6 is 0 Å². The zero-order chi connectivity index (χ0) is 13.2. The van der Waals surface area contributed by atoms with Gasteiger partial charge < -0.3 is 11.1 Å². The van der Waals surface area contributed by atoms with Crippen LogP contribution in [0.15, 0.2) is 30.3 Å². The minimum Gasteiger partial charge on any atom is -0.349 e. The SMILES string of the molecule is CCC1(NC(=O)C(C)(N)c2ccccc2)CCC1. The van der Waals surface area contributed by atoms with E-state index >= 15 is 0 Å². The largest absolute Gasteiger partial charge is 0.349 e. The third kappa shape index (κ3) is 2.27. The van der Waals surface area contributed by atoms with Gasteiger partial charge in [0, 0.05) is 5.54 Å². The van der Waals surface area contributed by atoms with Gasteiger partial charge in [-0.2, -0.15) is 0 Å². The van der Waals surface area contributed by atoms with Crippen LogP contribution in [0.1, 0.15) is 45.1 Å². The molecule has 0 spiro atoms. The molecule has 3 N–H and O–H groups in total. The van der Waals surface area contributed by atoms with Crippen molar-refractivity contribution in [3.05, 3.63) is 35.9 Å². The summed E-state index contributed by atoms with van der Waals surface area (Å²) in [4.78, 5) is 12.4. The number of rotatable bonds is 4. The number of nitrogens with one attached hydrogen (secondary N) is 1. The molecule has 0 radical (unpaired) electrons. The average Bonchev–Trinajstić information content (AvgIpc) is 2.34. The number of hydrogen-bond acceptors (Lipinski definition) is 2. The van der Waals surface area contributed by atoms with E-state index in [1.807, 2.05) is 30.3 Å². The molecular formula is C15H22N2O. The molecule has 1 saturated carbocycles. The lowest BCUT2D eigenvalue weighted by molar-refractivity contribution is -0.129. The standard InChI is InChI=1S/C15H22N2O/c1-3-15(10-7-11-15)17-13(18)14(2,16)12-8-5-4-6-9-12/h4-6,8-9H,3,7,10-11,16H2,1-2H3,(H,17,18). The van der Waals surface area contributed by atoms with Crippen LogP contribution in [-0.2, 0) is 10.3 Å². The van der Waals surface area contributed by atoms with Gasteiger partial charge in [-0.05, 0) is 38.2 Å². The lowest BCUT2D eigenvalue weighted by Gasteiger charge is -2.43. The molecule has 0 saturated heterocycles. The molecule has 1 aromatic rings. The van der Waals surface area contributed by atoms with Crippen molar-refractivity contribution in [1.29, 1.82) is 0 Å². The van der Waals surface area contributed by atoms with Gasteiger partial charge in [-0.15, -0.1) is 0 Å². The molecule has 0 heterocycles. The van der Waals surface area contributed by atoms with Gasteiger partial charge in [0.05, 0.1) is 0 Å². The van der Waals surface area contributed by atoms with E-state index in [0.29, 0.717) is 0 Å². The quantitative estimate of drug-likeness (QED) is 0.856. The van der Waals surface area contributed by atoms with Crippen molar-refractivity contribution >= 4 is 5.91 Å². The van der Waals surface area contributed by atoms with E-state index in [2.05, 4.69) is 12.2 Å². The normalized spacial score (nSPS) is 20.6. The Morgan fingerprint density at radius 1 is 1.39 bits per heavy atom. The molecule has 1 unspecified atom stereocenters. The first kappa shape index (κ1) is 13.1. The van der Waals surface area contributed by atoms with Crippen molar-refractivity contribution in [2.24, 2.45) is 5.73 Å². The van der Waals surface area contributed by atoms with Crippen molar-refractivity contribution in [1.82, 2.24) is 5.32 Å². The molecular weight excluding hydrogens is 224 g/mol. The number of carbonyl (C=O) groups is 1. The molecule has 2 rings (SSSR count). The van der Waals surface area contributed by atoms with Crippen LogP contribution in [0.5, 0.6) is 0 Å². The maximum atomic E-state index is 12.4. The monoisotopic (exact) mass is 246 g/mol. The number of hydrogen-bond donors (Lipinski definition) is 2.